The molecule has 0 amide bonds. The Bertz CT molecular complexity index is 546. The molecule has 3 heterocycles. The number of carboxylic acid groups (broad SMARTS) is 1. The molecule has 0 aromatic heterocycles. The number of carboxylic acids is 1. The van der Waals surface area contributed by atoms with E-state index in [1.165, 1.54) is 0 Å². The third-order valence-corrected chi connectivity index (χ3v) is 6.98. The fourth-order valence-electron chi connectivity index (χ4n) is 4.95. The molecule has 0 radical (unpaired) electrons. The van der Waals surface area contributed by atoms with Crippen LogP contribution in [0.5, 0.6) is 0 Å². The molecular formula is C22H43N7O2. The van der Waals surface area contributed by atoms with Gasteiger partial charge in [0, 0.05) is 85.1 Å². The highest BCUT2D eigenvalue weighted by Crippen LogP contribution is 2.26. The lowest BCUT2D eigenvalue weighted by atomic mass is 9.87. The standard InChI is InChI=1S/C22H43N7O2/c23-21(22(30)31)20(3-12-29-17-8-26-9-18-29)19(1-10-27-13-4-24-5-14-27)2-11-28-15-6-25-7-16-28/h19,24-26H,1-18,23H2,(H,30,31). The van der Waals surface area contributed by atoms with Crippen LogP contribution in [0.15, 0.2) is 11.3 Å². The van der Waals surface area contributed by atoms with Crippen LogP contribution < -0.4 is 21.7 Å². The van der Waals surface area contributed by atoms with Crippen LogP contribution in [0, 0.1) is 5.92 Å². The second kappa shape index (κ2) is 13.3. The van der Waals surface area contributed by atoms with Crippen LogP contribution in [0.25, 0.3) is 0 Å². The van der Waals surface area contributed by atoms with E-state index in [4.69, 9.17) is 5.73 Å². The van der Waals surface area contributed by atoms with Crippen molar-refractivity contribution in [2.24, 2.45) is 11.7 Å². The van der Waals surface area contributed by atoms with Crippen LogP contribution in [0.1, 0.15) is 19.3 Å². The molecule has 0 aliphatic carbocycles. The molecule has 0 spiro atoms. The number of piperazine rings is 3. The van der Waals surface area contributed by atoms with E-state index in [9.17, 15) is 9.90 Å². The Labute approximate surface area is 187 Å². The van der Waals surface area contributed by atoms with Gasteiger partial charge in [0.2, 0.25) is 0 Å². The summed E-state index contributed by atoms with van der Waals surface area (Å²) in [6.07, 6.45) is 2.72. The van der Waals surface area contributed by atoms with Gasteiger partial charge in [0.1, 0.15) is 5.70 Å². The lowest BCUT2D eigenvalue weighted by Crippen LogP contribution is -2.45. The number of nitrogens with zero attached hydrogens (tertiary/aromatic N) is 3. The quantitative estimate of drug-likeness (QED) is 0.254. The highest BCUT2D eigenvalue weighted by Gasteiger charge is 2.24. The van der Waals surface area contributed by atoms with E-state index in [2.05, 4.69) is 30.7 Å². The highest BCUT2D eigenvalue weighted by atomic mass is 16.4. The lowest BCUT2D eigenvalue weighted by Gasteiger charge is -2.33. The molecule has 0 bridgehead atoms. The van der Waals surface area contributed by atoms with Crippen molar-refractivity contribution in [3.63, 3.8) is 0 Å². The van der Waals surface area contributed by atoms with Crippen molar-refractivity contribution in [1.29, 1.82) is 0 Å². The topological polar surface area (TPSA) is 109 Å². The van der Waals surface area contributed by atoms with Gasteiger partial charge in [-0.25, -0.2) is 4.79 Å². The average Bonchev–Trinajstić information content (AvgIpc) is 2.82. The second-order valence-electron chi connectivity index (χ2n) is 9.04. The smallest absolute Gasteiger partial charge is 0.351 e. The number of nitrogens with two attached hydrogens (primary N) is 1. The van der Waals surface area contributed by atoms with Gasteiger partial charge < -0.3 is 41.5 Å². The first-order chi connectivity index (χ1) is 15.1. The molecule has 3 saturated heterocycles. The molecule has 0 saturated carbocycles. The molecule has 9 heteroatoms. The monoisotopic (exact) mass is 437 g/mol. The maximum absolute atomic E-state index is 11.9. The van der Waals surface area contributed by atoms with Gasteiger partial charge in [-0.1, -0.05) is 0 Å². The summed E-state index contributed by atoms with van der Waals surface area (Å²) in [5.74, 6) is -0.742. The number of rotatable bonds is 11. The van der Waals surface area contributed by atoms with Gasteiger partial charge in [0.15, 0.2) is 0 Å². The highest BCUT2D eigenvalue weighted by molar-refractivity contribution is 5.86. The van der Waals surface area contributed by atoms with Crippen LogP contribution in [-0.2, 0) is 4.79 Å². The number of nitrogens with one attached hydrogen (secondary N) is 3. The summed E-state index contributed by atoms with van der Waals surface area (Å²) in [7, 11) is 0. The molecule has 0 atom stereocenters. The van der Waals surface area contributed by atoms with E-state index >= 15 is 0 Å². The summed E-state index contributed by atoms with van der Waals surface area (Å²) in [6.45, 7) is 15.4. The minimum absolute atomic E-state index is 0.0840. The van der Waals surface area contributed by atoms with Crippen LogP contribution in [0.2, 0.25) is 0 Å². The average molecular weight is 438 g/mol. The Morgan fingerprint density at radius 3 is 1.52 bits per heavy atom. The van der Waals surface area contributed by atoms with E-state index in [-0.39, 0.29) is 11.6 Å². The largest absolute Gasteiger partial charge is 0.477 e. The fourth-order valence-corrected chi connectivity index (χ4v) is 4.95. The van der Waals surface area contributed by atoms with Gasteiger partial charge in [-0.2, -0.15) is 0 Å². The second-order valence-corrected chi connectivity index (χ2v) is 9.04. The SMILES string of the molecule is NC(C(=O)O)=C(CCN1CCNCC1)C(CCN1CCNCC1)CCN1CCNCC1. The number of aliphatic carboxylic acids is 1. The molecule has 0 aromatic rings. The van der Waals surface area contributed by atoms with E-state index in [0.717, 1.165) is 123 Å². The van der Waals surface area contributed by atoms with Gasteiger partial charge in [0.25, 0.3) is 0 Å². The first-order valence-corrected chi connectivity index (χ1v) is 12.1. The van der Waals surface area contributed by atoms with Crippen molar-refractivity contribution < 1.29 is 9.90 Å². The summed E-state index contributed by atoms with van der Waals surface area (Å²) in [6, 6.07) is 0. The Morgan fingerprint density at radius 2 is 1.13 bits per heavy atom. The molecule has 6 N–H and O–H groups in total. The summed E-state index contributed by atoms with van der Waals surface area (Å²) in [5.41, 5.74) is 7.25. The lowest BCUT2D eigenvalue weighted by molar-refractivity contribution is -0.132. The van der Waals surface area contributed by atoms with Crippen molar-refractivity contribution >= 4 is 5.97 Å². The minimum Gasteiger partial charge on any atom is -0.477 e. The maximum atomic E-state index is 11.9. The summed E-state index contributed by atoms with van der Waals surface area (Å²) >= 11 is 0. The molecular weight excluding hydrogens is 394 g/mol. The van der Waals surface area contributed by atoms with Crippen molar-refractivity contribution in [3.05, 3.63) is 11.3 Å². The molecule has 3 rings (SSSR count). The van der Waals surface area contributed by atoms with E-state index in [1.54, 1.807) is 0 Å². The molecule has 3 aliphatic rings. The Kier molecular flexibility index (Phi) is 10.5. The van der Waals surface area contributed by atoms with Crippen LogP contribution in [-0.4, -0.2) is 124 Å². The predicted octanol–water partition coefficient (Wildman–Crippen LogP) is -1.21. The number of hydrogen-bond acceptors (Lipinski definition) is 8. The van der Waals surface area contributed by atoms with Crippen molar-refractivity contribution in [2.75, 3.05) is 98.2 Å². The van der Waals surface area contributed by atoms with Crippen LogP contribution in [0.3, 0.4) is 0 Å². The Hall–Kier alpha value is -1.23. The fraction of sp³-hybridized carbons (Fsp3) is 0.864. The molecule has 0 aromatic carbocycles. The first kappa shape index (κ1) is 24.4. The van der Waals surface area contributed by atoms with E-state index < -0.39 is 5.97 Å². The summed E-state index contributed by atoms with van der Waals surface area (Å²) < 4.78 is 0. The number of hydrogen-bond donors (Lipinski definition) is 5. The van der Waals surface area contributed by atoms with Crippen LogP contribution in [0.4, 0.5) is 0 Å². The van der Waals surface area contributed by atoms with Gasteiger partial charge in [-0.3, -0.25) is 0 Å². The molecule has 3 aliphatic heterocycles. The van der Waals surface area contributed by atoms with Crippen LogP contribution >= 0.6 is 0 Å². The van der Waals surface area contributed by atoms with Gasteiger partial charge in [0.05, 0.1) is 0 Å². The van der Waals surface area contributed by atoms with Crippen molar-refractivity contribution in [1.82, 2.24) is 30.7 Å². The van der Waals surface area contributed by atoms with Gasteiger partial charge >= 0.3 is 5.97 Å². The first-order valence-electron chi connectivity index (χ1n) is 12.1. The zero-order valence-electron chi connectivity index (χ0n) is 19.1. The third kappa shape index (κ3) is 8.32. The minimum atomic E-state index is -0.968. The van der Waals surface area contributed by atoms with Crippen molar-refractivity contribution in [2.45, 2.75) is 19.3 Å². The van der Waals surface area contributed by atoms with E-state index in [1.807, 2.05) is 0 Å². The molecule has 31 heavy (non-hydrogen) atoms. The van der Waals surface area contributed by atoms with Crippen molar-refractivity contribution in [3.8, 4) is 0 Å². The normalized spacial score (nSPS) is 23.1. The molecule has 3 fully saturated rings. The van der Waals surface area contributed by atoms with Gasteiger partial charge in [-0.05, 0) is 43.8 Å². The molecule has 9 nitrogen and oxygen atoms in total. The summed E-state index contributed by atoms with van der Waals surface area (Å²) in [4.78, 5) is 19.3. The Balaban J connectivity index is 1.66. The molecule has 178 valence electrons. The van der Waals surface area contributed by atoms with Gasteiger partial charge in [-0.15, -0.1) is 0 Å². The van der Waals surface area contributed by atoms with E-state index in [0.29, 0.717) is 0 Å². The predicted molar refractivity (Wildman–Crippen MR) is 124 cm³/mol. The maximum Gasteiger partial charge on any atom is 0.351 e. The third-order valence-electron chi connectivity index (χ3n) is 6.98. The molecule has 0 unspecified atom stereocenters. The zero-order valence-corrected chi connectivity index (χ0v) is 19.1. The zero-order chi connectivity index (χ0) is 21.9. The Morgan fingerprint density at radius 1 is 0.742 bits per heavy atom. The number of carbonyl (C=O) groups is 1. The summed E-state index contributed by atoms with van der Waals surface area (Å²) in [5, 5.41) is 19.9.